The van der Waals surface area contributed by atoms with Crippen molar-refractivity contribution in [1.29, 1.82) is 0 Å². The maximum atomic E-state index is 11.1. The molecule has 0 fully saturated rings. The van der Waals surface area contributed by atoms with Crippen LogP contribution in [0.3, 0.4) is 0 Å². The SMILES string of the molecule is C[C@H](N)C(=O)N[C@@H](C)C(=O)NCC=O. The molecule has 0 radical (unpaired) electrons. The summed E-state index contributed by atoms with van der Waals surface area (Å²) in [5.74, 6) is -0.815. The van der Waals surface area contributed by atoms with Gasteiger partial charge in [0.25, 0.3) is 0 Å². The first-order chi connectivity index (χ1) is 6.49. The van der Waals surface area contributed by atoms with Crippen molar-refractivity contribution < 1.29 is 14.4 Å². The maximum absolute atomic E-state index is 11.1. The smallest absolute Gasteiger partial charge is 0.242 e. The van der Waals surface area contributed by atoms with Crippen molar-refractivity contribution in [3.8, 4) is 0 Å². The van der Waals surface area contributed by atoms with Gasteiger partial charge in [-0.3, -0.25) is 9.59 Å². The zero-order valence-corrected chi connectivity index (χ0v) is 8.24. The Morgan fingerprint density at radius 1 is 1.36 bits per heavy atom. The van der Waals surface area contributed by atoms with Crippen LogP contribution in [-0.2, 0) is 14.4 Å². The molecule has 2 amide bonds. The molecule has 0 aromatic heterocycles. The number of aldehydes is 1. The van der Waals surface area contributed by atoms with Gasteiger partial charge in [0.15, 0.2) is 0 Å². The van der Waals surface area contributed by atoms with Crippen LogP contribution in [0.1, 0.15) is 13.8 Å². The Bertz CT molecular complexity index is 228. The molecule has 0 unspecified atom stereocenters. The van der Waals surface area contributed by atoms with Crippen LogP contribution in [-0.4, -0.2) is 36.7 Å². The molecule has 0 aliphatic carbocycles. The zero-order chi connectivity index (χ0) is 11.1. The fourth-order valence-corrected chi connectivity index (χ4v) is 0.706. The lowest BCUT2D eigenvalue weighted by atomic mass is 10.2. The van der Waals surface area contributed by atoms with Crippen LogP contribution in [0.2, 0.25) is 0 Å². The van der Waals surface area contributed by atoms with Gasteiger partial charge < -0.3 is 21.2 Å². The first-order valence-corrected chi connectivity index (χ1v) is 4.26. The Kier molecular flexibility index (Phi) is 5.47. The van der Waals surface area contributed by atoms with Gasteiger partial charge in [0.05, 0.1) is 12.6 Å². The molecule has 0 bridgehead atoms. The van der Waals surface area contributed by atoms with Gasteiger partial charge in [-0.15, -0.1) is 0 Å². The summed E-state index contributed by atoms with van der Waals surface area (Å²) in [5.41, 5.74) is 5.28. The fourth-order valence-electron chi connectivity index (χ4n) is 0.706. The lowest BCUT2D eigenvalue weighted by molar-refractivity contribution is -0.129. The molecular weight excluding hydrogens is 186 g/mol. The van der Waals surface area contributed by atoms with Gasteiger partial charge >= 0.3 is 0 Å². The van der Waals surface area contributed by atoms with Gasteiger partial charge in [-0.2, -0.15) is 0 Å². The molecule has 2 atom stereocenters. The van der Waals surface area contributed by atoms with Gasteiger partial charge in [-0.25, -0.2) is 0 Å². The average molecular weight is 201 g/mol. The minimum absolute atomic E-state index is 0.0583. The normalized spacial score (nSPS) is 13.9. The third kappa shape index (κ3) is 4.56. The largest absolute Gasteiger partial charge is 0.348 e. The van der Waals surface area contributed by atoms with Gasteiger partial charge in [0, 0.05) is 0 Å². The molecule has 0 aliphatic rings. The first-order valence-electron chi connectivity index (χ1n) is 4.26. The molecule has 80 valence electrons. The molecule has 14 heavy (non-hydrogen) atoms. The molecular formula is C8H15N3O3. The Hall–Kier alpha value is -1.43. The van der Waals surface area contributed by atoms with E-state index in [0.717, 1.165) is 0 Å². The molecule has 0 saturated carbocycles. The third-order valence-electron chi connectivity index (χ3n) is 1.53. The maximum Gasteiger partial charge on any atom is 0.242 e. The molecule has 6 heteroatoms. The number of rotatable bonds is 5. The number of hydrogen-bond donors (Lipinski definition) is 3. The van der Waals surface area contributed by atoms with Crippen LogP contribution in [0.15, 0.2) is 0 Å². The van der Waals surface area contributed by atoms with E-state index in [9.17, 15) is 14.4 Å². The molecule has 0 aromatic rings. The molecule has 0 aromatic carbocycles. The van der Waals surface area contributed by atoms with E-state index in [1.807, 2.05) is 0 Å². The Morgan fingerprint density at radius 3 is 2.36 bits per heavy atom. The molecule has 0 aliphatic heterocycles. The number of amides is 2. The lowest BCUT2D eigenvalue weighted by Crippen LogP contribution is -2.49. The second kappa shape index (κ2) is 6.09. The Morgan fingerprint density at radius 2 is 1.93 bits per heavy atom. The number of nitrogens with two attached hydrogens (primary N) is 1. The molecule has 0 heterocycles. The third-order valence-corrected chi connectivity index (χ3v) is 1.53. The van der Waals surface area contributed by atoms with Crippen molar-refractivity contribution in [3.05, 3.63) is 0 Å². The van der Waals surface area contributed by atoms with Crippen molar-refractivity contribution in [2.24, 2.45) is 5.73 Å². The number of carbonyl (C=O) groups is 3. The lowest BCUT2D eigenvalue weighted by Gasteiger charge is -2.14. The number of hydrogen-bond acceptors (Lipinski definition) is 4. The van der Waals surface area contributed by atoms with Gasteiger partial charge in [-0.1, -0.05) is 0 Å². The second-order valence-electron chi connectivity index (χ2n) is 2.93. The van der Waals surface area contributed by atoms with Crippen LogP contribution in [0, 0.1) is 0 Å². The standard InChI is InChI=1S/C8H15N3O3/c1-5(9)7(13)11-6(2)8(14)10-3-4-12/h4-6H,3,9H2,1-2H3,(H,10,14)(H,11,13)/t5-,6-/m0/s1. The van der Waals surface area contributed by atoms with Crippen LogP contribution >= 0.6 is 0 Å². The van der Waals surface area contributed by atoms with Crippen molar-refractivity contribution >= 4 is 18.1 Å². The van der Waals surface area contributed by atoms with Crippen molar-refractivity contribution in [2.75, 3.05) is 6.54 Å². The zero-order valence-electron chi connectivity index (χ0n) is 8.24. The Balaban J connectivity index is 3.94. The molecule has 0 rings (SSSR count). The monoisotopic (exact) mass is 201 g/mol. The average Bonchev–Trinajstić information content (AvgIpc) is 2.13. The molecule has 4 N–H and O–H groups in total. The van der Waals surface area contributed by atoms with E-state index in [2.05, 4.69) is 10.6 Å². The highest BCUT2D eigenvalue weighted by atomic mass is 16.2. The predicted molar refractivity (Wildman–Crippen MR) is 50.3 cm³/mol. The fraction of sp³-hybridized carbons (Fsp3) is 0.625. The number of carbonyl (C=O) groups excluding carboxylic acids is 3. The summed E-state index contributed by atoms with van der Waals surface area (Å²) in [6, 6.07) is -1.34. The van der Waals surface area contributed by atoms with E-state index in [0.29, 0.717) is 6.29 Å². The topological polar surface area (TPSA) is 101 Å². The molecule has 0 saturated heterocycles. The minimum atomic E-state index is -0.687. The van der Waals surface area contributed by atoms with E-state index in [1.54, 1.807) is 0 Å². The van der Waals surface area contributed by atoms with Crippen molar-refractivity contribution in [2.45, 2.75) is 25.9 Å². The first kappa shape index (κ1) is 12.6. The van der Waals surface area contributed by atoms with E-state index >= 15 is 0 Å². The summed E-state index contributed by atoms with van der Waals surface area (Å²) in [6.45, 7) is 2.98. The predicted octanol–water partition coefficient (Wildman–Crippen LogP) is -1.85. The second-order valence-corrected chi connectivity index (χ2v) is 2.93. The highest BCUT2D eigenvalue weighted by Gasteiger charge is 2.16. The molecule has 0 spiro atoms. The summed E-state index contributed by atoms with van der Waals surface area (Å²) >= 11 is 0. The van der Waals surface area contributed by atoms with Crippen LogP contribution < -0.4 is 16.4 Å². The van der Waals surface area contributed by atoms with E-state index in [-0.39, 0.29) is 6.54 Å². The highest BCUT2D eigenvalue weighted by molar-refractivity contribution is 5.89. The van der Waals surface area contributed by atoms with Crippen molar-refractivity contribution in [3.63, 3.8) is 0 Å². The number of nitrogens with one attached hydrogen (secondary N) is 2. The summed E-state index contributed by atoms with van der Waals surface area (Å²) in [5, 5.41) is 4.71. The summed E-state index contributed by atoms with van der Waals surface area (Å²) in [4.78, 5) is 32.1. The van der Waals surface area contributed by atoms with Crippen LogP contribution in [0.5, 0.6) is 0 Å². The van der Waals surface area contributed by atoms with Crippen LogP contribution in [0.25, 0.3) is 0 Å². The van der Waals surface area contributed by atoms with Gasteiger partial charge in [0.2, 0.25) is 11.8 Å². The summed E-state index contributed by atoms with van der Waals surface area (Å²) in [7, 11) is 0. The summed E-state index contributed by atoms with van der Waals surface area (Å²) < 4.78 is 0. The van der Waals surface area contributed by atoms with E-state index in [1.165, 1.54) is 13.8 Å². The van der Waals surface area contributed by atoms with Crippen LogP contribution in [0.4, 0.5) is 0 Å². The highest BCUT2D eigenvalue weighted by Crippen LogP contribution is 1.84. The molecule has 6 nitrogen and oxygen atoms in total. The summed E-state index contributed by atoms with van der Waals surface area (Å²) in [6.07, 6.45) is 0.567. The Labute approximate surface area is 82.2 Å². The van der Waals surface area contributed by atoms with E-state index < -0.39 is 23.9 Å². The van der Waals surface area contributed by atoms with Gasteiger partial charge in [0.1, 0.15) is 12.3 Å². The van der Waals surface area contributed by atoms with Crippen molar-refractivity contribution in [1.82, 2.24) is 10.6 Å². The van der Waals surface area contributed by atoms with E-state index in [4.69, 9.17) is 5.73 Å². The quantitative estimate of drug-likeness (QED) is 0.454. The van der Waals surface area contributed by atoms with Gasteiger partial charge in [-0.05, 0) is 13.8 Å². The minimum Gasteiger partial charge on any atom is -0.348 e.